The van der Waals surface area contributed by atoms with Gasteiger partial charge in [-0.1, -0.05) is 0 Å². The lowest BCUT2D eigenvalue weighted by atomic mass is 10.1. The highest BCUT2D eigenvalue weighted by molar-refractivity contribution is 5.74. The number of hydrogen-bond donors (Lipinski definition) is 4. The maximum absolute atomic E-state index is 10.5. The fourth-order valence-corrected chi connectivity index (χ4v) is 3.33. The Morgan fingerprint density at radius 2 is 2.14 bits per heavy atom. The molecule has 1 saturated carbocycles. The Kier molecular flexibility index (Phi) is 4.97. The molecular formula is C19H20N8O2. The molecule has 5 N–H and O–H groups in total. The predicted octanol–water partition coefficient (Wildman–Crippen LogP) is 2.15. The van der Waals surface area contributed by atoms with Crippen molar-refractivity contribution in [2.45, 2.75) is 38.3 Å². The molecule has 1 aliphatic rings. The van der Waals surface area contributed by atoms with Crippen LogP contribution in [0.3, 0.4) is 0 Å². The summed E-state index contributed by atoms with van der Waals surface area (Å²) in [5, 5.41) is 29.3. The number of nitrogens with zero attached hydrogens (tertiary/aromatic N) is 5. The van der Waals surface area contributed by atoms with Crippen LogP contribution in [0.4, 0.5) is 11.6 Å². The normalized spacial score (nSPS) is 18.4. The van der Waals surface area contributed by atoms with Crippen LogP contribution in [0.15, 0.2) is 24.5 Å². The molecule has 0 aliphatic heterocycles. The lowest BCUT2D eigenvalue weighted by Crippen LogP contribution is -2.19. The molecule has 0 bridgehead atoms. The second-order valence-electron chi connectivity index (χ2n) is 6.96. The van der Waals surface area contributed by atoms with Crippen molar-refractivity contribution >= 4 is 11.6 Å². The number of H-pyrrole nitrogens is 1. The summed E-state index contributed by atoms with van der Waals surface area (Å²) in [7, 11) is 0. The number of rotatable bonds is 5. The Morgan fingerprint density at radius 3 is 2.83 bits per heavy atom. The molecule has 3 aromatic rings. The van der Waals surface area contributed by atoms with Gasteiger partial charge < -0.3 is 20.9 Å². The van der Waals surface area contributed by atoms with E-state index >= 15 is 0 Å². The molecule has 0 aromatic carbocycles. The molecule has 1 fully saturated rings. The summed E-state index contributed by atoms with van der Waals surface area (Å²) >= 11 is 0. The average molecular weight is 392 g/mol. The highest BCUT2D eigenvalue weighted by Crippen LogP contribution is 2.39. The fourth-order valence-electron chi connectivity index (χ4n) is 3.33. The monoisotopic (exact) mass is 392 g/mol. The predicted molar refractivity (Wildman–Crippen MR) is 104 cm³/mol. The standard InChI is InChI=1S/C19H20N8O2/c1-10-4-15(29-13-3-2-11(21)5-13)18(19(28)24-10)14-6-16(27-26-14)25-17-9-22-12(7-20)8-23-17/h4,6,8-9,11,13H,2-3,5,21H2,1H3,(H,24,28)(H2,23,25,26,27)/t11-,13+/m0/s1. The molecule has 0 unspecified atom stereocenters. The Bertz CT molecular complexity index is 1060. The van der Waals surface area contributed by atoms with E-state index in [-0.39, 0.29) is 23.7 Å². The Balaban J connectivity index is 1.60. The summed E-state index contributed by atoms with van der Waals surface area (Å²) in [6.45, 7) is 1.79. The van der Waals surface area contributed by atoms with Gasteiger partial charge in [0.15, 0.2) is 11.5 Å². The third-order valence-corrected chi connectivity index (χ3v) is 4.68. The Hall–Kier alpha value is -3.71. The van der Waals surface area contributed by atoms with Crippen molar-refractivity contribution < 1.29 is 9.84 Å². The van der Waals surface area contributed by atoms with Crippen LogP contribution in [0, 0.1) is 18.3 Å². The van der Waals surface area contributed by atoms with E-state index < -0.39 is 0 Å². The molecular weight excluding hydrogens is 372 g/mol. The minimum atomic E-state index is -0.143. The van der Waals surface area contributed by atoms with Gasteiger partial charge in [0.25, 0.3) is 0 Å². The van der Waals surface area contributed by atoms with Gasteiger partial charge in [0.1, 0.15) is 29.3 Å². The van der Waals surface area contributed by atoms with E-state index in [4.69, 9.17) is 15.7 Å². The van der Waals surface area contributed by atoms with E-state index in [1.54, 1.807) is 19.1 Å². The molecule has 0 amide bonds. The number of aromatic amines is 1. The molecule has 0 spiro atoms. The zero-order chi connectivity index (χ0) is 20.4. The lowest BCUT2D eigenvalue weighted by molar-refractivity contribution is 0.208. The lowest BCUT2D eigenvalue weighted by Gasteiger charge is -2.17. The summed E-state index contributed by atoms with van der Waals surface area (Å²) in [6.07, 6.45) is 5.36. The van der Waals surface area contributed by atoms with Crippen LogP contribution in [0.25, 0.3) is 11.3 Å². The number of aromatic nitrogens is 5. The minimum Gasteiger partial charge on any atom is -0.493 e. The molecule has 2 atom stereocenters. The molecule has 3 aromatic heterocycles. The van der Waals surface area contributed by atoms with Gasteiger partial charge in [-0.2, -0.15) is 10.4 Å². The van der Waals surface area contributed by atoms with Gasteiger partial charge in [-0.3, -0.25) is 5.10 Å². The van der Waals surface area contributed by atoms with E-state index in [9.17, 15) is 5.11 Å². The first-order valence-corrected chi connectivity index (χ1v) is 9.19. The van der Waals surface area contributed by atoms with Crippen LogP contribution in [-0.2, 0) is 0 Å². The van der Waals surface area contributed by atoms with E-state index in [0.717, 1.165) is 19.3 Å². The molecule has 10 heteroatoms. The van der Waals surface area contributed by atoms with Gasteiger partial charge in [-0.15, -0.1) is 0 Å². The molecule has 0 radical (unpaired) electrons. The van der Waals surface area contributed by atoms with Crippen LogP contribution >= 0.6 is 0 Å². The molecule has 3 heterocycles. The Morgan fingerprint density at radius 1 is 1.28 bits per heavy atom. The van der Waals surface area contributed by atoms with E-state index in [1.807, 2.05) is 6.07 Å². The van der Waals surface area contributed by atoms with Gasteiger partial charge >= 0.3 is 0 Å². The highest BCUT2D eigenvalue weighted by Gasteiger charge is 2.26. The maximum Gasteiger partial charge on any atom is 0.224 e. The SMILES string of the molecule is Cc1cc(O[C@@H]2CC[C@H](N)C2)c(-c2cc(Nc3cnc(C#N)cn3)n[nH]2)c(O)n1. The second kappa shape index (κ2) is 7.73. The van der Waals surface area contributed by atoms with Gasteiger partial charge in [-0.05, 0) is 26.2 Å². The number of anilines is 2. The molecule has 0 saturated heterocycles. The number of nitrogens with one attached hydrogen (secondary N) is 2. The molecule has 148 valence electrons. The van der Waals surface area contributed by atoms with Gasteiger partial charge in [-0.25, -0.2) is 15.0 Å². The van der Waals surface area contributed by atoms with Crippen LogP contribution in [0.1, 0.15) is 30.7 Å². The minimum absolute atomic E-state index is 0.000565. The zero-order valence-corrected chi connectivity index (χ0v) is 15.8. The van der Waals surface area contributed by atoms with Crippen molar-refractivity contribution in [2.24, 2.45) is 5.73 Å². The number of nitrogens with two attached hydrogens (primary N) is 1. The summed E-state index contributed by atoms with van der Waals surface area (Å²) < 4.78 is 6.14. The van der Waals surface area contributed by atoms with Crippen molar-refractivity contribution in [2.75, 3.05) is 5.32 Å². The van der Waals surface area contributed by atoms with Crippen LogP contribution in [0.5, 0.6) is 11.6 Å². The quantitative estimate of drug-likeness (QED) is 0.510. The summed E-state index contributed by atoms with van der Waals surface area (Å²) in [5.74, 6) is 1.29. The average Bonchev–Trinajstić information content (AvgIpc) is 3.31. The van der Waals surface area contributed by atoms with Crippen molar-refractivity contribution in [3.63, 3.8) is 0 Å². The summed E-state index contributed by atoms with van der Waals surface area (Å²) in [5.41, 5.74) is 7.83. The first-order chi connectivity index (χ1) is 14.0. The van der Waals surface area contributed by atoms with Gasteiger partial charge in [0.2, 0.25) is 5.88 Å². The zero-order valence-electron chi connectivity index (χ0n) is 15.8. The third-order valence-electron chi connectivity index (χ3n) is 4.68. The van der Waals surface area contributed by atoms with Gasteiger partial charge in [0, 0.05) is 23.9 Å². The van der Waals surface area contributed by atoms with Crippen molar-refractivity contribution in [1.29, 1.82) is 5.26 Å². The Labute approximate surface area is 166 Å². The van der Waals surface area contributed by atoms with Crippen LogP contribution < -0.4 is 15.8 Å². The highest BCUT2D eigenvalue weighted by atomic mass is 16.5. The number of hydrogen-bond acceptors (Lipinski definition) is 9. The second-order valence-corrected chi connectivity index (χ2v) is 6.96. The molecule has 4 rings (SSSR count). The van der Waals surface area contributed by atoms with Crippen LogP contribution in [0.2, 0.25) is 0 Å². The smallest absolute Gasteiger partial charge is 0.224 e. The maximum atomic E-state index is 10.5. The molecule has 29 heavy (non-hydrogen) atoms. The van der Waals surface area contributed by atoms with Gasteiger partial charge in [0.05, 0.1) is 18.1 Å². The fraction of sp³-hybridized carbons (Fsp3) is 0.316. The van der Waals surface area contributed by atoms with E-state index in [2.05, 4.69) is 30.5 Å². The van der Waals surface area contributed by atoms with E-state index in [1.165, 1.54) is 12.4 Å². The van der Waals surface area contributed by atoms with Crippen LogP contribution in [-0.4, -0.2) is 42.4 Å². The first kappa shape index (κ1) is 18.6. The third kappa shape index (κ3) is 4.09. The number of pyridine rings is 1. The van der Waals surface area contributed by atoms with Crippen molar-refractivity contribution in [3.05, 3.63) is 35.9 Å². The topological polar surface area (TPSA) is 159 Å². The largest absolute Gasteiger partial charge is 0.493 e. The van der Waals surface area contributed by atoms with Crippen molar-refractivity contribution in [1.82, 2.24) is 25.1 Å². The number of aryl methyl sites for hydroxylation is 1. The van der Waals surface area contributed by atoms with E-state index in [0.29, 0.717) is 34.3 Å². The first-order valence-electron chi connectivity index (χ1n) is 9.19. The molecule has 10 nitrogen and oxygen atoms in total. The number of aromatic hydroxyl groups is 1. The number of ether oxygens (including phenoxy) is 1. The summed E-state index contributed by atoms with van der Waals surface area (Å²) in [4.78, 5) is 12.2. The van der Waals surface area contributed by atoms with Crippen molar-refractivity contribution in [3.8, 4) is 29.0 Å². The summed E-state index contributed by atoms with van der Waals surface area (Å²) in [6, 6.07) is 5.55. The number of nitriles is 1. The molecule has 1 aliphatic carbocycles.